The van der Waals surface area contributed by atoms with Gasteiger partial charge in [0, 0.05) is 37.4 Å². The lowest BCUT2D eigenvalue weighted by atomic mass is 10.0. The molecule has 2 unspecified atom stereocenters. The number of furan rings is 1. The smallest absolute Gasteiger partial charge is 0.192 e. The minimum absolute atomic E-state index is 0. The molecule has 5 rings (SSSR count). The highest BCUT2D eigenvalue weighted by Gasteiger charge is 2.25. The van der Waals surface area contributed by atoms with Gasteiger partial charge in [-0.05, 0) is 31.5 Å². The third-order valence-electron chi connectivity index (χ3n) is 5.78. The maximum atomic E-state index is 5.83. The van der Waals surface area contributed by atoms with Gasteiger partial charge in [0.15, 0.2) is 5.96 Å². The molecule has 1 aromatic carbocycles. The van der Waals surface area contributed by atoms with E-state index in [1.54, 1.807) is 6.26 Å². The number of aryl methyl sites for hydroxylation is 2. The summed E-state index contributed by atoms with van der Waals surface area (Å²) in [4.78, 5) is 9.38. The number of hydrogen-bond acceptors (Lipinski definition) is 5. The van der Waals surface area contributed by atoms with Crippen LogP contribution < -0.4 is 15.4 Å². The third kappa shape index (κ3) is 5.25. The lowest BCUT2D eigenvalue weighted by Gasteiger charge is -2.30. The first-order valence-electron chi connectivity index (χ1n) is 11.0. The van der Waals surface area contributed by atoms with Crippen LogP contribution in [0, 0.1) is 6.92 Å². The van der Waals surface area contributed by atoms with E-state index in [-0.39, 0.29) is 36.1 Å². The highest BCUT2D eigenvalue weighted by atomic mass is 127. The zero-order valence-electron chi connectivity index (χ0n) is 18.2. The van der Waals surface area contributed by atoms with Crippen molar-refractivity contribution in [2.24, 2.45) is 4.99 Å². The van der Waals surface area contributed by atoms with Crippen molar-refractivity contribution < 1.29 is 9.15 Å². The average molecular weight is 548 g/mol. The standard InChI is InChI=1S/C23H28N6O2.HI/c1-16-25-22-9-8-17(15-29(22)28-16)26-23(24-12-10-18-5-4-13-30-18)27-20-11-14-31-21-7-3-2-6-19(20)21;/h2-7,13,17,20H,8-12,14-15H2,1H3,(H2,24,26,27);1H. The molecule has 2 aromatic heterocycles. The number of para-hydroxylation sites is 1. The summed E-state index contributed by atoms with van der Waals surface area (Å²) in [5.41, 5.74) is 1.17. The van der Waals surface area contributed by atoms with E-state index in [9.17, 15) is 0 Å². The molecule has 0 bridgehead atoms. The molecule has 0 spiro atoms. The SMILES string of the molecule is Cc1nc2n(n1)CC(NC(=NCCc1ccco1)NC1CCOc3ccccc31)CC2.I. The van der Waals surface area contributed by atoms with Gasteiger partial charge in [-0.25, -0.2) is 9.67 Å². The van der Waals surface area contributed by atoms with Crippen molar-refractivity contribution in [3.8, 4) is 5.75 Å². The van der Waals surface area contributed by atoms with Crippen LogP contribution in [0.2, 0.25) is 0 Å². The van der Waals surface area contributed by atoms with Gasteiger partial charge in [-0.2, -0.15) is 5.10 Å². The summed E-state index contributed by atoms with van der Waals surface area (Å²) in [6.07, 6.45) is 5.28. The van der Waals surface area contributed by atoms with Gasteiger partial charge in [-0.3, -0.25) is 4.99 Å². The van der Waals surface area contributed by atoms with Gasteiger partial charge in [0.25, 0.3) is 0 Å². The van der Waals surface area contributed by atoms with Gasteiger partial charge >= 0.3 is 0 Å². The fourth-order valence-electron chi connectivity index (χ4n) is 4.27. The predicted molar refractivity (Wildman–Crippen MR) is 133 cm³/mol. The lowest BCUT2D eigenvalue weighted by Crippen LogP contribution is -2.48. The van der Waals surface area contributed by atoms with Gasteiger partial charge in [-0.15, -0.1) is 24.0 Å². The van der Waals surface area contributed by atoms with E-state index in [4.69, 9.17) is 14.1 Å². The van der Waals surface area contributed by atoms with E-state index in [0.717, 1.165) is 61.3 Å². The van der Waals surface area contributed by atoms with E-state index in [1.807, 2.05) is 35.9 Å². The highest BCUT2D eigenvalue weighted by Crippen LogP contribution is 2.31. The molecule has 2 aliphatic rings. The maximum Gasteiger partial charge on any atom is 0.192 e. The molecule has 0 saturated heterocycles. The highest BCUT2D eigenvalue weighted by molar-refractivity contribution is 14.0. The van der Waals surface area contributed by atoms with E-state index >= 15 is 0 Å². The van der Waals surface area contributed by atoms with Gasteiger partial charge in [0.2, 0.25) is 0 Å². The van der Waals surface area contributed by atoms with Crippen molar-refractivity contribution in [2.75, 3.05) is 13.2 Å². The number of nitrogens with one attached hydrogen (secondary N) is 2. The van der Waals surface area contributed by atoms with Crippen molar-refractivity contribution in [1.82, 2.24) is 25.4 Å². The normalized spacial score (nSPS) is 19.8. The molecule has 0 radical (unpaired) electrons. The molecule has 0 saturated carbocycles. The van der Waals surface area contributed by atoms with Crippen LogP contribution in [-0.2, 0) is 19.4 Å². The second-order valence-corrected chi connectivity index (χ2v) is 8.07. The Morgan fingerprint density at radius 3 is 2.97 bits per heavy atom. The molecular weight excluding hydrogens is 519 g/mol. The zero-order chi connectivity index (χ0) is 21.0. The molecular formula is C23H29IN6O2. The number of ether oxygens (including phenoxy) is 1. The molecule has 2 atom stereocenters. The summed E-state index contributed by atoms with van der Waals surface area (Å²) in [5.74, 6) is 4.61. The molecule has 2 N–H and O–H groups in total. The molecule has 8 nitrogen and oxygen atoms in total. The first-order valence-corrected chi connectivity index (χ1v) is 11.0. The van der Waals surface area contributed by atoms with Crippen LogP contribution in [0.3, 0.4) is 0 Å². The van der Waals surface area contributed by atoms with Crippen LogP contribution in [0.15, 0.2) is 52.1 Å². The Bertz CT molecular complexity index is 1050. The summed E-state index contributed by atoms with van der Waals surface area (Å²) < 4.78 is 13.3. The molecule has 2 aliphatic heterocycles. The minimum atomic E-state index is 0. The third-order valence-corrected chi connectivity index (χ3v) is 5.78. The lowest BCUT2D eigenvalue weighted by molar-refractivity contribution is 0.261. The Morgan fingerprint density at radius 2 is 2.09 bits per heavy atom. The van der Waals surface area contributed by atoms with Crippen LogP contribution in [0.25, 0.3) is 0 Å². The Labute approximate surface area is 204 Å². The second-order valence-electron chi connectivity index (χ2n) is 8.07. The van der Waals surface area contributed by atoms with Crippen LogP contribution in [-0.4, -0.2) is 39.9 Å². The molecule has 9 heteroatoms. The maximum absolute atomic E-state index is 5.83. The minimum Gasteiger partial charge on any atom is -0.493 e. The van der Waals surface area contributed by atoms with E-state index in [1.165, 1.54) is 5.56 Å². The van der Waals surface area contributed by atoms with Gasteiger partial charge in [0.1, 0.15) is 23.2 Å². The molecule has 0 aliphatic carbocycles. The number of fused-ring (bicyclic) bond motifs is 2. The fourth-order valence-corrected chi connectivity index (χ4v) is 4.27. The Balaban J connectivity index is 0.00000245. The number of nitrogens with zero attached hydrogens (tertiary/aromatic N) is 4. The topological polar surface area (TPSA) is 89.5 Å². The molecule has 0 amide bonds. The van der Waals surface area contributed by atoms with E-state index in [2.05, 4.69) is 32.8 Å². The number of aliphatic imine (C=N–C) groups is 1. The Kier molecular flexibility index (Phi) is 7.33. The predicted octanol–water partition coefficient (Wildman–Crippen LogP) is 3.41. The summed E-state index contributed by atoms with van der Waals surface area (Å²) in [6.45, 7) is 4.08. The van der Waals surface area contributed by atoms with Crippen molar-refractivity contribution in [2.45, 2.75) is 51.2 Å². The fraction of sp³-hybridized carbons (Fsp3) is 0.435. The van der Waals surface area contributed by atoms with E-state index < -0.39 is 0 Å². The zero-order valence-corrected chi connectivity index (χ0v) is 20.5. The van der Waals surface area contributed by atoms with Gasteiger partial charge < -0.3 is 19.8 Å². The number of aromatic nitrogens is 3. The van der Waals surface area contributed by atoms with Crippen LogP contribution in [0.5, 0.6) is 5.75 Å². The van der Waals surface area contributed by atoms with Gasteiger partial charge in [-0.1, -0.05) is 18.2 Å². The average Bonchev–Trinajstić information content (AvgIpc) is 3.42. The molecule has 0 fully saturated rings. The Morgan fingerprint density at radius 1 is 1.19 bits per heavy atom. The monoisotopic (exact) mass is 548 g/mol. The second kappa shape index (κ2) is 10.4. The molecule has 32 heavy (non-hydrogen) atoms. The largest absolute Gasteiger partial charge is 0.493 e. The van der Waals surface area contributed by atoms with Crippen LogP contribution >= 0.6 is 24.0 Å². The van der Waals surface area contributed by atoms with Crippen molar-refractivity contribution in [3.05, 3.63) is 65.6 Å². The van der Waals surface area contributed by atoms with Crippen LogP contribution in [0.1, 0.15) is 41.9 Å². The van der Waals surface area contributed by atoms with Gasteiger partial charge in [0.05, 0.1) is 25.5 Å². The van der Waals surface area contributed by atoms with Crippen molar-refractivity contribution in [3.63, 3.8) is 0 Å². The molecule has 170 valence electrons. The number of hydrogen-bond donors (Lipinski definition) is 2. The van der Waals surface area contributed by atoms with E-state index in [0.29, 0.717) is 13.2 Å². The quantitative estimate of drug-likeness (QED) is 0.289. The van der Waals surface area contributed by atoms with Crippen molar-refractivity contribution in [1.29, 1.82) is 0 Å². The molecule has 4 heterocycles. The number of rotatable bonds is 5. The molecule has 3 aromatic rings. The number of benzene rings is 1. The first-order chi connectivity index (χ1) is 15.2. The van der Waals surface area contributed by atoms with Crippen molar-refractivity contribution >= 4 is 29.9 Å². The summed E-state index contributed by atoms with van der Waals surface area (Å²) >= 11 is 0. The number of halogens is 1. The van der Waals surface area contributed by atoms with Crippen LogP contribution in [0.4, 0.5) is 0 Å². The summed E-state index contributed by atoms with van der Waals surface area (Å²) in [6, 6.07) is 12.5. The summed E-state index contributed by atoms with van der Waals surface area (Å²) in [5, 5.41) is 11.8. The first kappa shape index (κ1) is 22.6. The number of guanidine groups is 1. The Hall–Kier alpha value is -2.56. The summed E-state index contributed by atoms with van der Waals surface area (Å²) in [7, 11) is 0.